The number of amides is 1. The highest BCUT2D eigenvalue weighted by molar-refractivity contribution is 9.10. The molecule has 1 aliphatic heterocycles. The Morgan fingerprint density at radius 2 is 2.30 bits per heavy atom. The predicted molar refractivity (Wildman–Crippen MR) is 98.6 cm³/mol. The van der Waals surface area contributed by atoms with Crippen LogP contribution in [0, 0.1) is 12.7 Å². The second-order valence-electron chi connectivity index (χ2n) is 6.57. The molecule has 3 heterocycles. The van der Waals surface area contributed by atoms with Crippen LogP contribution >= 0.6 is 15.9 Å². The highest BCUT2D eigenvalue weighted by atomic mass is 79.9. The zero-order chi connectivity index (χ0) is 19.0. The first kappa shape index (κ1) is 17.8. The van der Waals surface area contributed by atoms with Crippen LogP contribution in [-0.2, 0) is 0 Å². The number of rotatable bonds is 3. The quantitative estimate of drug-likeness (QED) is 0.680. The molecule has 3 aromatic rings. The van der Waals surface area contributed by atoms with E-state index >= 15 is 0 Å². The van der Waals surface area contributed by atoms with E-state index in [0.717, 1.165) is 18.5 Å². The van der Waals surface area contributed by atoms with Crippen molar-refractivity contribution in [2.45, 2.75) is 25.7 Å². The largest absolute Gasteiger partial charge is 0.339 e. The maximum absolute atomic E-state index is 13.4. The molecule has 7 nitrogen and oxygen atoms in total. The van der Waals surface area contributed by atoms with E-state index in [9.17, 15) is 9.18 Å². The summed E-state index contributed by atoms with van der Waals surface area (Å²) in [4.78, 5) is 19.0. The van der Waals surface area contributed by atoms with Gasteiger partial charge in [0.2, 0.25) is 11.7 Å². The van der Waals surface area contributed by atoms with Crippen molar-refractivity contribution in [1.82, 2.24) is 25.2 Å². The Morgan fingerprint density at radius 1 is 1.44 bits per heavy atom. The lowest BCUT2D eigenvalue weighted by molar-refractivity contribution is 0.0688. The maximum Gasteiger partial charge on any atom is 0.275 e. The van der Waals surface area contributed by atoms with Crippen molar-refractivity contribution in [3.63, 3.8) is 0 Å². The monoisotopic (exact) mass is 433 g/mol. The molecule has 27 heavy (non-hydrogen) atoms. The standard InChI is InChI=1S/C18H17BrFN5O2/c1-10-14(19)15(23-22-10)18(26)25-7-3-5-12(9-25)17-21-16(24-27-17)11-4-2-6-13(20)8-11/h2,4,6,8,12H,3,5,7,9H2,1H3,(H,22,23). The number of nitrogens with zero attached hydrogens (tertiary/aromatic N) is 4. The molecule has 0 saturated carbocycles. The van der Waals surface area contributed by atoms with Crippen LogP contribution in [0.1, 0.15) is 40.8 Å². The molecule has 1 saturated heterocycles. The van der Waals surface area contributed by atoms with Gasteiger partial charge in [0.25, 0.3) is 5.91 Å². The van der Waals surface area contributed by atoms with Crippen LogP contribution in [-0.4, -0.2) is 44.2 Å². The third kappa shape index (κ3) is 3.51. The SMILES string of the molecule is Cc1[nH]nc(C(=O)N2CCCC(c3nc(-c4cccc(F)c4)no3)C2)c1Br. The van der Waals surface area contributed by atoms with Gasteiger partial charge in [0.15, 0.2) is 5.69 Å². The average Bonchev–Trinajstić information content (AvgIpc) is 3.29. The van der Waals surface area contributed by atoms with Gasteiger partial charge < -0.3 is 9.42 Å². The topological polar surface area (TPSA) is 87.9 Å². The Bertz CT molecular complexity index is 986. The molecular weight excluding hydrogens is 417 g/mol. The van der Waals surface area contributed by atoms with Crippen LogP contribution in [0.4, 0.5) is 4.39 Å². The van der Waals surface area contributed by atoms with Crippen LogP contribution < -0.4 is 0 Å². The van der Waals surface area contributed by atoms with Gasteiger partial charge in [0.1, 0.15) is 5.82 Å². The first-order valence-electron chi connectivity index (χ1n) is 8.62. The molecule has 1 N–H and O–H groups in total. The Balaban J connectivity index is 1.52. The van der Waals surface area contributed by atoms with Crippen molar-refractivity contribution in [2.24, 2.45) is 0 Å². The minimum Gasteiger partial charge on any atom is -0.339 e. The van der Waals surface area contributed by atoms with E-state index in [1.165, 1.54) is 12.1 Å². The number of aromatic amines is 1. The number of piperidine rings is 1. The van der Waals surface area contributed by atoms with Gasteiger partial charge in [-0.1, -0.05) is 17.3 Å². The summed E-state index contributed by atoms with van der Waals surface area (Å²) in [5, 5.41) is 10.9. The van der Waals surface area contributed by atoms with Crippen molar-refractivity contribution in [3.8, 4) is 11.4 Å². The van der Waals surface area contributed by atoms with E-state index < -0.39 is 0 Å². The van der Waals surface area contributed by atoms with E-state index in [-0.39, 0.29) is 17.6 Å². The molecule has 9 heteroatoms. The van der Waals surface area contributed by atoms with Gasteiger partial charge in [-0.25, -0.2) is 4.39 Å². The van der Waals surface area contributed by atoms with Crippen molar-refractivity contribution in [3.05, 3.63) is 51.8 Å². The molecule has 4 rings (SSSR count). The molecule has 1 aromatic carbocycles. The van der Waals surface area contributed by atoms with Crippen LogP contribution in [0.2, 0.25) is 0 Å². The molecule has 0 bridgehead atoms. The lowest BCUT2D eigenvalue weighted by atomic mass is 9.97. The van der Waals surface area contributed by atoms with Crippen LogP contribution in [0.25, 0.3) is 11.4 Å². The molecule has 0 spiro atoms. The van der Waals surface area contributed by atoms with Crippen molar-refractivity contribution in [1.29, 1.82) is 0 Å². The van der Waals surface area contributed by atoms with Crippen molar-refractivity contribution >= 4 is 21.8 Å². The number of hydrogen-bond acceptors (Lipinski definition) is 5. The fraction of sp³-hybridized carbons (Fsp3) is 0.333. The number of carbonyl (C=O) groups is 1. The van der Waals surface area contributed by atoms with Gasteiger partial charge in [-0.05, 0) is 47.8 Å². The van der Waals surface area contributed by atoms with Gasteiger partial charge in [-0.2, -0.15) is 10.1 Å². The summed E-state index contributed by atoms with van der Waals surface area (Å²) in [6.45, 7) is 2.97. The van der Waals surface area contributed by atoms with E-state index in [1.807, 2.05) is 6.92 Å². The summed E-state index contributed by atoms with van der Waals surface area (Å²) in [7, 11) is 0. The third-order valence-corrected chi connectivity index (χ3v) is 5.63. The summed E-state index contributed by atoms with van der Waals surface area (Å²) in [5.41, 5.74) is 1.74. The minimum absolute atomic E-state index is 0.0590. The van der Waals surface area contributed by atoms with E-state index in [4.69, 9.17) is 4.52 Å². The van der Waals surface area contributed by atoms with Gasteiger partial charge in [-0.15, -0.1) is 0 Å². The highest BCUT2D eigenvalue weighted by Crippen LogP contribution is 2.29. The Kier molecular flexibility index (Phi) is 4.77. The summed E-state index contributed by atoms with van der Waals surface area (Å²) >= 11 is 3.40. The lowest BCUT2D eigenvalue weighted by Crippen LogP contribution is -2.39. The fourth-order valence-electron chi connectivity index (χ4n) is 3.22. The smallest absolute Gasteiger partial charge is 0.275 e. The van der Waals surface area contributed by atoms with Crippen molar-refractivity contribution in [2.75, 3.05) is 13.1 Å². The molecule has 1 unspecified atom stereocenters. The van der Waals surface area contributed by atoms with Crippen LogP contribution in [0.3, 0.4) is 0 Å². The summed E-state index contributed by atoms with van der Waals surface area (Å²) in [6, 6.07) is 6.06. The first-order chi connectivity index (χ1) is 13.0. The summed E-state index contributed by atoms with van der Waals surface area (Å²) in [5.74, 6) is 0.257. The predicted octanol–water partition coefficient (Wildman–Crippen LogP) is 3.69. The molecule has 140 valence electrons. The average molecular weight is 434 g/mol. The zero-order valence-corrected chi connectivity index (χ0v) is 16.2. The Hall–Kier alpha value is -2.55. The number of aromatic nitrogens is 4. The molecule has 0 aliphatic carbocycles. The van der Waals surface area contributed by atoms with E-state index in [2.05, 4.69) is 36.3 Å². The van der Waals surface area contributed by atoms with Crippen LogP contribution in [0.5, 0.6) is 0 Å². The minimum atomic E-state index is -0.354. The molecule has 1 atom stereocenters. The third-order valence-electron chi connectivity index (χ3n) is 4.66. The first-order valence-corrected chi connectivity index (χ1v) is 9.41. The van der Waals surface area contributed by atoms with Crippen LogP contribution in [0.15, 0.2) is 33.3 Å². The lowest BCUT2D eigenvalue weighted by Gasteiger charge is -2.30. The van der Waals surface area contributed by atoms with Gasteiger partial charge >= 0.3 is 0 Å². The molecule has 1 aliphatic rings. The summed E-state index contributed by atoms with van der Waals surface area (Å²) < 4.78 is 19.5. The molecule has 0 radical (unpaired) electrons. The van der Waals surface area contributed by atoms with Gasteiger partial charge in [-0.3, -0.25) is 9.89 Å². The number of H-pyrrole nitrogens is 1. The Labute approximate surface area is 163 Å². The van der Waals surface area contributed by atoms with Gasteiger partial charge in [0.05, 0.1) is 10.4 Å². The maximum atomic E-state index is 13.4. The zero-order valence-electron chi connectivity index (χ0n) is 14.6. The molecule has 2 aromatic heterocycles. The number of aryl methyl sites for hydroxylation is 1. The Morgan fingerprint density at radius 3 is 3.04 bits per heavy atom. The number of hydrogen-bond donors (Lipinski definition) is 1. The summed E-state index contributed by atoms with van der Waals surface area (Å²) in [6.07, 6.45) is 1.67. The van der Waals surface area contributed by atoms with E-state index in [0.29, 0.717) is 40.5 Å². The highest BCUT2D eigenvalue weighted by Gasteiger charge is 2.31. The number of nitrogens with one attached hydrogen (secondary N) is 1. The molecular formula is C18H17BrFN5O2. The molecule has 1 fully saturated rings. The van der Waals surface area contributed by atoms with Gasteiger partial charge in [0, 0.05) is 24.3 Å². The number of halogens is 2. The van der Waals surface area contributed by atoms with E-state index in [1.54, 1.807) is 17.0 Å². The molecule has 1 amide bonds. The van der Waals surface area contributed by atoms with Crippen molar-refractivity contribution < 1.29 is 13.7 Å². The second kappa shape index (κ2) is 7.22. The normalized spacial score (nSPS) is 17.3. The fourth-order valence-corrected chi connectivity index (χ4v) is 3.56. The number of benzene rings is 1. The number of likely N-dealkylation sites (tertiary alicyclic amines) is 1. The number of carbonyl (C=O) groups excluding carboxylic acids is 1. The second-order valence-corrected chi connectivity index (χ2v) is 7.36.